The van der Waals surface area contributed by atoms with Gasteiger partial charge in [0.2, 0.25) is 0 Å². The Morgan fingerprint density at radius 3 is 2.37 bits per heavy atom. The van der Waals surface area contributed by atoms with Crippen LogP contribution in [0.2, 0.25) is 6.04 Å². The molecule has 19 heavy (non-hydrogen) atoms. The minimum Gasteiger partial charge on any atom is -0.397 e. The van der Waals surface area contributed by atoms with Crippen LogP contribution in [0.4, 0.5) is 11.4 Å². The first-order valence-corrected chi connectivity index (χ1v) is 8.25. The lowest BCUT2D eigenvalue weighted by Crippen LogP contribution is -2.42. The number of benzene rings is 1. The molecule has 0 aliphatic heterocycles. The van der Waals surface area contributed by atoms with E-state index in [1.54, 1.807) is 21.3 Å². The van der Waals surface area contributed by atoms with Gasteiger partial charge in [-0.3, -0.25) is 0 Å². The number of nitrogen functional groups attached to an aromatic ring is 1. The van der Waals surface area contributed by atoms with Gasteiger partial charge in [0, 0.05) is 33.9 Å². The van der Waals surface area contributed by atoms with Gasteiger partial charge in [-0.1, -0.05) is 6.07 Å². The Hall–Kier alpha value is -1.08. The molecule has 108 valence electrons. The Morgan fingerprint density at radius 2 is 1.79 bits per heavy atom. The Bertz CT molecular complexity index is 389. The second-order valence-corrected chi connectivity index (χ2v) is 7.51. The SMILES string of the molecule is CO[Si](CCCNc1cc(C)ccc1N)(OC)OC. The monoisotopic (exact) mass is 284 g/mol. The molecule has 1 aromatic rings. The summed E-state index contributed by atoms with van der Waals surface area (Å²) >= 11 is 0. The lowest BCUT2D eigenvalue weighted by atomic mass is 10.2. The van der Waals surface area contributed by atoms with Crippen LogP contribution in [0.5, 0.6) is 0 Å². The maximum Gasteiger partial charge on any atom is 0.500 e. The second-order valence-electron chi connectivity index (χ2n) is 4.42. The summed E-state index contributed by atoms with van der Waals surface area (Å²) in [5, 5.41) is 3.33. The van der Waals surface area contributed by atoms with Gasteiger partial charge in [-0.25, -0.2) is 0 Å². The van der Waals surface area contributed by atoms with E-state index in [-0.39, 0.29) is 0 Å². The first-order valence-electron chi connectivity index (χ1n) is 6.32. The zero-order valence-electron chi connectivity index (χ0n) is 12.2. The van der Waals surface area contributed by atoms with Crippen LogP contribution in [0.3, 0.4) is 0 Å². The fraction of sp³-hybridized carbons (Fsp3) is 0.538. The van der Waals surface area contributed by atoms with Gasteiger partial charge < -0.3 is 24.3 Å². The third-order valence-electron chi connectivity index (χ3n) is 3.12. The third-order valence-corrected chi connectivity index (χ3v) is 5.95. The van der Waals surface area contributed by atoms with Gasteiger partial charge in [0.15, 0.2) is 0 Å². The molecule has 0 saturated heterocycles. The number of nitrogens with two attached hydrogens (primary N) is 1. The normalized spacial score (nSPS) is 11.6. The number of aryl methyl sites for hydroxylation is 1. The smallest absolute Gasteiger partial charge is 0.397 e. The van der Waals surface area contributed by atoms with Crippen LogP contribution in [0, 0.1) is 6.92 Å². The van der Waals surface area contributed by atoms with E-state index in [0.29, 0.717) is 0 Å². The summed E-state index contributed by atoms with van der Waals surface area (Å²) in [6.45, 7) is 2.85. The van der Waals surface area contributed by atoms with E-state index in [4.69, 9.17) is 19.0 Å². The van der Waals surface area contributed by atoms with Gasteiger partial charge in [0.05, 0.1) is 11.4 Å². The molecule has 0 fully saturated rings. The molecule has 0 amide bonds. The topological polar surface area (TPSA) is 65.7 Å². The van der Waals surface area contributed by atoms with E-state index < -0.39 is 8.80 Å². The number of hydrogen-bond donors (Lipinski definition) is 2. The van der Waals surface area contributed by atoms with Gasteiger partial charge in [0.1, 0.15) is 0 Å². The zero-order valence-corrected chi connectivity index (χ0v) is 13.2. The van der Waals surface area contributed by atoms with Gasteiger partial charge in [-0.15, -0.1) is 0 Å². The Balaban J connectivity index is 2.44. The van der Waals surface area contributed by atoms with Crippen molar-refractivity contribution in [3.05, 3.63) is 23.8 Å². The van der Waals surface area contributed by atoms with Crippen LogP contribution in [0.25, 0.3) is 0 Å². The first kappa shape index (κ1) is 16.0. The van der Waals surface area contributed by atoms with Crippen molar-refractivity contribution in [3.8, 4) is 0 Å². The third kappa shape index (κ3) is 4.50. The van der Waals surface area contributed by atoms with Crippen molar-refractivity contribution in [3.63, 3.8) is 0 Å². The van der Waals surface area contributed by atoms with Gasteiger partial charge in [-0.2, -0.15) is 0 Å². The summed E-state index contributed by atoms with van der Waals surface area (Å²) in [5.41, 5.74) is 8.83. The Labute approximate surface area is 116 Å². The number of anilines is 2. The van der Waals surface area contributed by atoms with Gasteiger partial charge in [-0.05, 0) is 31.0 Å². The summed E-state index contributed by atoms with van der Waals surface area (Å²) in [7, 11) is 2.44. The molecule has 0 atom stereocenters. The number of nitrogens with one attached hydrogen (secondary N) is 1. The van der Waals surface area contributed by atoms with Crippen LogP contribution in [0.15, 0.2) is 18.2 Å². The van der Waals surface area contributed by atoms with Crippen molar-refractivity contribution in [1.82, 2.24) is 0 Å². The van der Waals surface area contributed by atoms with Crippen molar-refractivity contribution in [1.29, 1.82) is 0 Å². The van der Waals surface area contributed by atoms with Crippen molar-refractivity contribution in [2.75, 3.05) is 38.9 Å². The molecule has 3 N–H and O–H groups in total. The molecule has 0 spiro atoms. The Morgan fingerprint density at radius 1 is 1.16 bits per heavy atom. The van der Waals surface area contributed by atoms with Crippen LogP contribution in [0.1, 0.15) is 12.0 Å². The zero-order chi connectivity index (χ0) is 14.3. The van der Waals surface area contributed by atoms with Gasteiger partial charge in [0.25, 0.3) is 0 Å². The lowest BCUT2D eigenvalue weighted by Gasteiger charge is -2.24. The van der Waals surface area contributed by atoms with Crippen molar-refractivity contribution < 1.29 is 13.3 Å². The molecule has 0 heterocycles. The highest BCUT2D eigenvalue weighted by Gasteiger charge is 2.36. The summed E-state index contributed by atoms with van der Waals surface area (Å²) in [6.07, 6.45) is 0.898. The van der Waals surface area contributed by atoms with E-state index in [9.17, 15) is 0 Å². The molecule has 1 aromatic carbocycles. The first-order chi connectivity index (χ1) is 9.06. The average Bonchev–Trinajstić information content (AvgIpc) is 2.43. The van der Waals surface area contributed by atoms with E-state index in [2.05, 4.69) is 5.32 Å². The fourth-order valence-electron chi connectivity index (χ4n) is 1.91. The standard InChI is InChI=1S/C13H24N2O3Si/c1-11-6-7-12(14)13(10-11)15-8-5-9-19(16-2,17-3)18-4/h6-7,10,15H,5,8-9,14H2,1-4H3. The number of hydrogen-bond acceptors (Lipinski definition) is 5. The molecule has 0 saturated carbocycles. The summed E-state index contributed by atoms with van der Waals surface area (Å²) in [5.74, 6) is 0. The highest BCUT2D eigenvalue weighted by atomic mass is 28.4. The fourth-order valence-corrected chi connectivity index (χ4v) is 3.63. The molecular formula is C13H24N2O3Si. The molecule has 0 aliphatic carbocycles. The lowest BCUT2D eigenvalue weighted by molar-refractivity contribution is 0.123. The molecule has 0 unspecified atom stereocenters. The van der Waals surface area contributed by atoms with Gasteiger partial charge >= 0.3 is 8.80 Å². The predicted molar refractivity (Wildman–Crippen MR) is 80.3 cm³/mol. The molecule has 0 aromatic heterocycles. The summed E-state index contributed by atoms with van der Waals surface area (Å²) in [6, 6.07) is 6.73. The molecule has 0 bridgehead atoms. The average molecular weight is 284 g/mol. The van der Waals surface area contributed by atoms with Crippen LogP contribution >= 0.6 is 0 Å². The molecule has 0 radical (unpaired) electrons. The Kier molecular flexibility index (Phi) is 6.30. The van der Waals surface area contributed by atoms with Crippen molar-refractivity contribution in [2.45, 2.75) is 19.4 Å². The van der Waals surface area contributed by atoms with Crippen LogP contribution in [-0.4, -0.2) is 36.7 Å². The molecule has 1 rings (SSSR count). The van der Waals surface area contributed by atoms with Crippen LogP contribution < -0.4 is 11.1 Å². The maximum absolute atomic E-state index is 5.91. The largest absolute Gasteiger partial charge is 0.500 e. The van der Waals surface area contributed by atoms with E-state index in [1.807, 2.05) is 25.1 Å². The predicted octanol–water partition coefficient (Wildman–Crippen LogP) is 2.26. The quantitative estimate of drug-likeness (QED) is 0.435. The number of rotatable bonds is 8. The van der Waals surface area contributed by atoms with Crippen molar-refractivity contribution in [2.24, 2.45) is 0 Å². The highest BCUT2D eigenvalue weighted by Crippen LogP contribution is 2.20. The van der Waals surface area contributed by atoms with Crippen molar-refractivity contribution >= 4 is 20.2 Å². The summed E-state index contributed by atoms with van der Waals surface area (Å²) < 4.78 is 16.1. The molecule has 0 aliphatic rings. The minimum atomic E-state index is -2.45. The second kappa shape index (κ2) is 7.49. The molecular weight excluding hydrogens is 260 g/mol. The molecule has 5 nitrogen and oxygen atoms in total. The highest BCUT2D eigenvalue weighted by molar-refractivity contribution is 6.60. The summed E-state index contributed by atoms with van der Waals surface area (Å²) in [4.78, 5) is 0. The van der Waals surface area contributed by atoms with E-state index in [1.165, 1.54) is 5.56 Å². The maximum atomic E-state index is 5.91. The minimum absolute atomic E-state index is 0.763. The van der Waals surface area contributed by atoms with Crippen LogP contribution in [-0.2, 0) is 13.3 Å². The molecule has 6 heteroatoms. The van der Waals surface area contributed by atoms with E-state index in [0.717, 1.165) is 30.4 Å². The van der Waals surface area contributed by atoms with E-state index >= 15 is 0 Å².